The predicted molar refractivity (Wildman–Crippen MR) is 81.9 cm³/mol. The van der Waals surface area contributed by atoms with E-state index in [2.05, 4.69) is 42.8 Å². The number of thioether (sulfide) groups is 1. The van der Waals surface area contributed by atoms with E-state index in [-0.39, 0.29) is 0 Å². The lowest BCUT2D eigenvalue weighted by atomic mass is 9.51. The molecule has 0 aromatic heterocycles. The zero-order valence-corrected chi connectivity index (χ0v) is 12.6. The largest absolute Gasteiger partial charge is 0.381 e. The Hall–Kier alpha value is -0.670. The van der Waals surface area contributed by atoms with Gasteiger partial charge in [-0.3, -0.25) is 0 Å². The molecule has 2 fully saturated rings. The molecule has 19 heavy (non-hydrogen) atoms. The van der Waals surface area contributed by atoms with Crippen LogP contribution in [-0.4, -0.2) is 25.0 Å². The van der Waals surface area contributed by atoms with E-state index in [1.54, 1.807) is 0 Å². The molecule has 0 radical (unpaired) electrons. The first-order chi connectivity index (χ1) is 9.30. The molecule has 2 saturated carbocycles. The first kappa shape index (κ1) is 13.3. The van der Waals surface area contributed by atoms with Gasteiger partial charge in [-0.1, -0.05) is 18.6 Å². The van der Waals surface area contributed by atoms with Crippen LogP contribution in [0.25, 0.3) is 0 Å². The Morgan fingerprint density at radius 1 is 1.37 bits per heavy atom. The van der Waals surface area contributed by atoms with Crippen LogP contribution < -0.4 is 5.32 Å². The van der Waals surface area contributed by atoms with Gasteiger partial charge in [0.25, 0.3) is 0 Å². The summed E-state index contributed by atoms with van der Waals surface area (Å²) in [6, 6.07) is 9.23. The van der Waals surface area contributed by atoms with E-state index in [0.29, 0.717) is 17.6 Å². The molecule has 1 spiro atoms. The van der Waals surface area contributed by atoms with E-state index in [9.17, 15) is 0 Å². The molecule has 1 N–H and O–H groups in total. The van der Waals surface area contributed by atoms with Crippen LogP contribution in [0.5, 0.6) is 0 Å². The summed E-state index contributed by atoms with van der Waals surface area (Å²) < 4.78 is 5.91. The van der Waals surface area contributed by atoms with Crippen molar-refractivity contribution in [2.24, 2.45) is 5.41 Å². The van der Waals surface area contributed by atoms with E-state index in [1.165, 1.54) is 29.8 Å². The minimum atomic E-state index is 0.432. The number of hydrogen-bond acceptors (Lipinski definition) is 3. The van der Waals surface area contributed by atoms with E-state index < -0.39 is 0 Å². The molecule has 0 aliphatic heterocycles. The monoisotopic (exact) mass is 277 g/mol. The molecule has 1 aromatic carbocycles. The Balaban J connectivity index is 1.71. The van der Waals surface area contributed by atoms with Crippen LogP contribution in [0.4, 0.5) is 5.69 Å². The van der Waals surface area contributed by atoms with Crippen LogP contribution in [-0.2, 0) is 4.74 Å². The van der Waals surface area contributed by atoms with E-state index in [1.807, 2.05) is 11.8 Å². The molecule has 0 heterocycles. The Kier molecular flexibility index (Phi) is 3.77. The third-order valence-corrected chi connectivity index (χ3v) is 5.67. The molecule has 2 aliphatic carbocycles. The minimum Gasteiger partial charge on any atom is -0.381 e. The van der Waals surface area contributed by atoms with Crippen LogP contribution in [0.2, 0.25) is 0 Å². The summed E-state index contributed by atoms with van der Waals surface area (Å²) in [6.45, 7) is 2.96. The third-order valence-electron chi connectivity index (χ3n) is 4.87. The van der Waals surface area contributed by atoms with Gasteiger partial charge in [-0.05, 0) is 44.6 Å². The molecule has 0 bridgehead atoms. The summed E-state index contributed by atoms with van der Waals surface area (Å²) in [4.78, 5) is 1.34. The van der Waals surface area contributed by atoms with E-state index in [0.717, 1.165) is 13.0 Å². The second-order valence-electron chi connectivity index (χ2n) is 5.66. The number of para-hydroxylation sites is 1. The number of anilines is 1. The van der Waals surface area contributed by atoms with E-state index >= 15 is 0 Å². The lowest BCUT2D eigenvalue weighted by molar-refractivity contribution is -0.157. The van der Waals surface area contributed by atoms with Gasteiger partial charge >= 0.3 is 0 Å². The van der Waals surface area contributed by atoms with E-state index in [4.69, 9.17) is 4.74 Å². The van der Waals surface area contributed by atoms with Crippen LogP contribution in [0, 0.1) is 5.41 Å². The topological polar surface area (TPSA) is 21.3 Å². The molecule has 2 nitrogen and oxygen atoms in total. The Morgan fingerprint density at radius 2 is 2.16 bits per heavy atom. The first-order valence-electron chi connectivity index (χ1n) is 7.31. The molecular formula is C16H23NOS. The Morgan fingerprint density at radius 3 is 2.79 bits per heavy atom. The van der Waals surface area contributed by atoms with Crippen LogP contribution in [0.15, 0.2) is 29.2 Å². The minimum absolute atomic E-state index is 0.432. The summed E-state index contributed by atoms with van der Waals surface area (Å²) in [5, 5.41) is 3.78. The smallest absolute Gasteiger partial charge is 0.0670 e. The van der Waals surface area contributed by atoms with Crippen molar-refractivity contribution in [2.75, 3.05) is 18.2 Å². The maximum absolute atomic E-state index is 5.91. The molecule has 2 atom stereocenters. The van der Waals surface area contributed by atoms with Crippen molar-refractivity contribution < 1.29 is 4.74 Å². The van der Waals surface area contributed by atoms with Crippen LogP contribution in [0.1, 0.15) is 32.6 Å². The standard InChI is InChI=1S/C16H23NOS/c1-3-18-15-11-14(16(15)9-6-10-16)17-12-7-4-5-8-13(12)19-2/h4-5,7-8,14-15,17H,3,6,9-11H2,1-2H3. The summed E-state index contributed by atoms with van der Waals surface area (Å²) in [5.74, 6) is 0. The molecule has 3 rings (SSSR count). The highest BCUT2D eigenvalue weighted by molar-refractivity contribution is 7.98. The fraction of sp³-hybridized carbons (Fsp3) is 0.625. The van der Waals surface area contributed by atoms with Gasteiger partial charge in [-0.15, -0.1) is 11.8 Å². The Labute approximate surface area is 120 Å². The maximum atomic E-state index is 5.91. The predicted octanol–water partition coefficient (Wildman–Crippen LogP) is 4.17. The molecule has 104 valence electrons. The normalized spacial score (nSPS) is 27.7. The average molecular weight is 277 g/mol. The van der Waals surface area contributed by atoms with Crippen molar-refractivity contribution in [3.8, 4) is 0 Å². The van der Waals surface area contributed by atoms with Crippen molar-refractivity contribution in [3.05, 3.63) is 24.3 Å². The number of benzene rings is 1. The second-order valence-corrected chi connectivity index (χ2v) is 6.51. The molecule has 3 heteroatoms. The first-order valence-corrected chi connectivity index (χ1v) is 8.54. The summed E-state index contributed by atoms with van der Waals surface area (Å²) in [5.41, 5.74) is 1.72. The summed E-state index contributed by atoms with van der Waals surface area (Å²) in [6.07, 6.45) is 7.82. The third kappa shape index (κ3) is 2.17. The SMILES string of the molecule is CCOC1CC(Nc2ccccc2SC)C12CCC2. The van der Waals surface area contributed by atoms with Crippen molar-refractivity contribution in [3.63, 3.8) is 0 Å². The van der Waals surface area contributed by atoms with Gasteiger partial charge in [-0.25, -0.2) is 0 Å². The highest BCUT2D eigenvalue weighted by atomic mass is 32.2. The second kappa shape index (κ2) is 5.37. The number of hydrogen-bond donors (Lipinski definition) is 1. The lowest BCUT2D eigenvalue weighted by Crippen LogP contribution is -2.64. The lowest BCUT2D eigenvalue weighted by Gasteiger charge is -2.61. The zero-order chi connectivity index (χ0) is 13.3. The molecule has 1 aromatic rings. The van der Waals surface area contributed by atoms with Crippen LogP contribution >= 0.6 is 11.8 Å². The van der Waals surface area contributed by atoms with Gasteiger partial charge in [0.05, 0.1) is 6.10 Å². The fourth-order valence-corrected chi connectivity index (χ4v) is 4.15. The number of rotatable bonds is 5. The van der Waals surface area contributed by atoms with Gasteiger partial charge in [0.1, 0.15) is 0 Å². The molecule has 2 unspecified atom stereocenters. The quantitative estimate of drug-likeness (QED) is 0.816. The fourth-order valence-electron chi connectivity index (χ4n) is 3.59. The molecule has 2 aliphatic rings. The van der Waals surface area contributed by atoms with Gasteiger partial charge in [-0.2, -0.15) is 0 Å². The van der Waals surface area contributed by atoms with Gasteiger partial charge < -0.3 is 10.1 Å². The number of nitrogens with one attached hydrogen (secondary N) is 1. The van der Waals surface area contributed by atoms with Crippen LogP contribution in [0.3, 0.4) is 0 Å². The van der Waals surface area contributed by atoms with Crippen molar-refractivity contribution in [1.29, 1.82) is 0 Å². The molecular weight excluding hydrogens is 254 g/mol. The van der Waals surface area contributed by atoms with Crippen molar-refractivity contribution in [1.82, 2.24) is 0 Å². The maximum Gasteiger partial charge on any atom is 0.0670 e. The summed E-state index contributed by atoms with van der Waals surface area (Å²) in [7, 11) is 0. The van der Waals surface area contributed by atoms with Gasteiger partial charge in [0.15, 0.2) is 0 Å². The Bertz CT molecular complexity index is 444. The average Bonchev–Trinajstić information content (AvgIpc) is 2.36. The zero-order valence-electron chi connectivity index (χ0n) is 11.8. The summed E-state index contributed by atoms with van der Waals surface area (Å²) >= 11 is 1.82. The van der Waals surface area contributed by atoms with Crippen molar-refractivity contribution >= 4 is 17.4 Å². The highest BCUT2D eigenvalue weighted by Crippen LogP contribution is 2.58. The highest BCUT2D eigenvalue weighted by Gasteiger charge is 2.58. The van der Waals surface area contributed by atoms with Gasteiger partial charge in [0.2, 0.25) is 0 Å². The number of ether oxygens (including phenoxy) is 1. The van der Waals surface area contributed by atoms with Crippen molar-refractivity contribution in [2.45, 2.75) is 49.6 Å². The molecule has 0 amide bonds. The molecule has 0 saturated heterocycles. The van der Waals surface area contributed by atoms with Gasteiger partial charge in [0, 0.05) is 28.6 Å².